The molecule has 0 unspecified atom stereocenters. The first-order valence-corrected chi connectivity index (χ1v) is 6.51. The lowest BCUT2D eigenvalue weighted by atomic mass is 9.86. The molecule has 5 nitrogen and oxygen atoms in total. The summed E-state index contributed by atoms with van der Waals surface area (Å²) < 4.78 is 0. The first-order valence-electron chi connectivity index (χ1n) is 6.51. The van der Waals surface area contributed by atoms with Gasteiger partial charge in [0.25, 0.3) is 0 Å². The monoisotopic (exact) mass is 249 g/mol. The fourth-order valence-corrected chi connectivity index (χ4v) is 2.32. The highest BCUT2D eigenvalue weighted by Gasteiger charge is 2.25. The standard InChI is InChI=1S/C13H19N3O2/c1-2-10-7-8-12(16-15-10)14-11-5-3-9(4-6-11)13(17)18/h7-9,11H,2-6H2,1H3,(H,14,16)(H,17,18). The van der Waals surface area contributed by atoms with E-state index in [9.17, 15) is 4.79 Å². The zero-order valence-corrected chi connectivity index (χ0v) is 10.6. The molecular formula is C13H19N3O2. The molecule has 1 aromatic rings. The number of hydrogen-bond acceptors (Lipinski definition) is 4. The van der Waals surface area contributed by atoms with Crippen LogP contribution in [0.1, 0.15) is 38.3 Å². The van der Waals surface area contributed by atoms with Crippen molar-refractivity contribution in [1.82, 2.24) is 10.2 Å². The molecule has 2 rings (SSSR count). The van der Waals surface area contributed by atoms with Crippen molar-refractivity contribution in [3.63, 3.8) is 0 Å². The van der Waals surface area contributed by atoms with Crippen molar-refractivity contribution in [3.8, 4) is 0 Å². The largest absolute Gasteiger partial charge is 0.481 e. The van der Waals surface area contributed by atoms with Gasteiger partial charge in [-0.15, -0.1) is 5.10 Å². The van der Waals surface area contributed by atoms with Gasteiger partial charge in [-0.3, -0.25) is 4.79 Å². The predicted molar refractivity (Wildman–Crippen MR) is 68.4 cm³/mol. The number of carboxylic acids is 1. The van der Waals surface area contributed by atoms with E-state index in [0.717, 1.165) is 43.6 Å². The lowest BCUT2D eigenvalue weighted by Gasteiger charge is -2.27. The Morgan fingerprint density at radius 2 is 2.06 bits per heavy atom. The summed E-state index contributed by atoms with van der Waals surface area (Å²) >= 11 is 0. The molecule has 1 heterocycles. The summed E-state index contributed by atoms with van der Waals surface area (Å²) in [6.07, 6.45) is 4.14. The SMILES string of the molecule is CCc1ccc(NC2CCC(C(=O)O)CC2)nn1. The van der Waals surface area contributed by atoms with Gasteiger partial charge in [0.15, 0.2) is 0 Å². The summed E-state index contributed by atoms with van der Waals surface area (Å²) in [4.78, 5) is 10.8. The molecule has 1 aliphatic carbocycles. The average molecular weight is 249 g/mol. The minimum Gasteiger partial charge on any atom is -0.481 e. The fraction of sp³-hybridized carbons (Fsp3) is 0.615. The maximum Gasteiger partial charge on any atom is 0.306 e. The van der Waals surface area contributed by atoms with Gasteiger partial charge in [-0.2, -0.15) is 5.10 Å². The molecule has 0 aliphatic heterocycles. The number of aliphatic carboxylic acids is 1. The highest BCUT2D eigenvalue weighted by molar-refractivity contribution is 5.70. The van der Waals surface area contributed by atoms with Crippen molar-refractivity contribution in [3.05, 3.63) is 17.8 Å². The third kappa shape index (κ3) is 3.18. The number of nitrogens with one attached hydrogen (secondary N) is 1. The average Bonchev–Trinajstić information content (AvgIpc) is 2.40. The highest BCUT2D eigenvalue weighted by Crippen LogP contribution is 2.26. The van der Waals surface area contributed by atoms with Gasteiger partial charge in [-0.25, -0.2) is 0 Å². The summed E-state index contributed by atoms with van der Waals surface area (Å²) in [5.41, 5.74) is 0.982. The number of anilines is 1. The molecule has 0 amide bonds. The number of carboxylic acid groups (broad SMARTS) is 1. The first-order chi connectivity index (χ1) is 8.69. The number of hydrogen-bond donors (Lipinski definition) is 2. The van der Waals surface area contributed by atoms with Crippen LogP contribution in [-0.4, -0.2) is 27.3 Å². The Hall–Kier alpha value is -1.65. The van der Waals surface area contributed by atoms with Crippen molar-refractivity contribution in [1.29, 1.82) is 0 Å². The second-order valence-corrected chi connectivity index (χ2v) is 4.79. The molecule has 0 spiro atoms. The Labute approximate surface area is 107 Å². The quantitative estimate of drug-likeness (QED) is 0.854. The van der Waals surface area contributed by atoms with Crippen LogP contribution in [0.15, 0.2) is 12.1 Å². The summed E-state index contributed by atoms with van der Waals surface area (Å²) in [5, 5.41) is 20.5. The molecular weight excluding hydrogens is 230 g/mol. The second kappa shape index (κ2) is 5.80. The normalized spacial score (nSPS) is 23.6. The van der Waals surface area contributed by atoms with Crippen molar-refractivity contribution >= 4 is 11.8 Å². The van der Waals surface area contributed by atoms with E-state index in [0.29, 0.717) is 6.04 Å². The lowest BCUT2D eigenvalue weighted by Crippen LogP contribution is -2.29. The summed E-state index contributed by atoms with van der Waals surface area (Å²) in [7, 11) is 0. The second-order valence-electron chi connectivity index (χ2n) is 4.79. The number of aryl methyl sites for hydroxylation is 1. The third-order valence-corrected chi connectivity index (χ3v) is 3.51. The van der Waals surface area contributed by atoms with E-state index in [1.54, 1.807) is 0 Å². The molecule has 1 saturated carbocycles. The van der Waals surface area contributed by atoms with E-state index in [-0.39, 0.29) is 5.92 Å². The van der Waals surface area contributed by atoms with Crippen molar-refractivity contribution < 1.29 is 9.90 Å². The zero-order chi connectivity index (χ0) is 13.0. The molecule has 0 atom stereocenters. The Morgan fingerprint density at radius 3 is 2.56 bits per heavy atom. The minimum absolute atomic E-state index is 0.170. The maximum absolute atomic E-state index is 10.8. The number of carbonyl (C=O) groups is 1. The van der Waals surface area contributed by atoms with E-state index in [4.69, 9.17) is 5.11 Å². The fourth-order valence-electron chi connectivity index (χ4n) is 2.32. The van der Waals surface area contributed by atoms with Crippen molar-refractivity contribution in [2.75, 3.05) is 5.32 Å². The van der Waals surface area contributed by atoms with Crippen LogP contribution in [0.2, 0.25) is 0 Å². The molecule has 2 N–H and O–H groups in total. The Kier molecular flexibility index (Phi) is 4.12. The van der Waals surface area contributed by atoms with Gasteiger partial charge in [-0.05, 0) is 44.2 Å². The van der Waals surface area contributed by atoms with Crippen LogP contribution in [0.25, 0.3) is 0 Å². The number of rotatable bonds is 4. The van der Waals surface area contributed by atoms with E-state index in [1.165, 1.54) is 0 Å². The molecule has 1 aromatic heterocycles. The third-order valence-electron chi connectivity index (χ3n) is 3.51. The molecule has 98 valence electrons. The Bertz CT molecular complexity index is 397. The molecule has 0 saturated heterocycles. The van der Waals surface area contributed by atoms with Gasteiger partial charge in [0.05, 0.1) is 11.6 Å². The van der Waals surface area contributed by atoms with Crippen LogP contribution in [0, 0.1) is 5.92 Å². The van der Waals surface area contributed by atoms with Crippen LogP contribution in [0.3, 0.4) is 0 Å². The lowest BCUT2D eigenvalue weighted by molar-refractivity contribution is -0.142. The van der Waals surface area contributed by atoms with Crippen molar-refractivity contribution in [2.45, 2.75) is 45.1 Å². The molecule has 1 fully saturated rings. The van der Waals surface area contributed by atoms with Gasteiger partial charge >= 0.3 is 5.97 Å². The van der Waals surface area contributed by atoms with E-state index < -0.39 is 5.97 Å². The smallest absolute Gasteiger partial charge is 0.306 e. The maximum atomic E-state index is 10.8. The molecule has 18 heavy (non-hydrogen) atoms. The van der Waals surface area contributed by atoms with Crippen molar-refractivity contribution in [2.24, 2.45) is 5.92 Å². The van der Waals surface area contributed by atoms with Crippen LogP contribution in [0.4, 0.5) is 5.82 Å². The van der Waals surface area contributed by atoms with Crippen LogP contribution in [0.5, 0.6) is 0 Å². The van der Waals surface area contributed by atoms with E-state index in [2.05, 4.69) is 15.5 Å². The topological polar surface area (TPSA) is 75.1 Å². The molecule has 0 aromatic carbocycles. The van der Waals surface area contributed by atoms with Gasteiger partial charge in [0.1, 0.15) is 5.82 Å². The Morgan fingerprint density at radius 1 is 1.33 bits per heavy atom. The van der Waals surface area contributed by atoms with Crippen LogP contribution in [-0.2, 0) is 11.2 Å². The molecule has 5 heteroatoms. The Balaban J connectivity index is 1.85. The van der Waals surface area contributed by atoms with Crippen LogP contribution < -0.4 is 5.32 Å². The summed E-state index contributed by atoms with van der Waals surface area (Å²) in [6, 6.07) is 4.23. The van der Waals surface area contributed by atoms with Gasteiger partial charge in [0, 0.05) is 6.04 Å². The number of aromatic nitrogens is 2. The highest BCUT2D eigenvalue weighted by atomic mass is 16.4. The summed E-state index contributed by atoms with van der Waals surface area (Å²) in [6.45, 7) is 2.05. The molecule has 0 bridgehead atoms. The van der Waals surface area contributed by atoms with E-state index >= 15 is 0 Å². The first kappa shape index (κ1) is 12.8. The molecule has 1 aliphatic rings. The molecule has 0 radical (unpaired) electrons. The van der Waals surface area contributed by atoms with Gasteiger partial charge in [-0.1, -0.05) is 6.92 Å². The zero-order valence-electron chi connectivity index (χ0n) is 10.6. The van der Waals surface area contributed by atoms with E-state index in [1.807, 2.05) is 19.1 Å². The predicted octanol–water partition coefficient (Wildman–Crippen LogP) is 2.09. The van der Waals surface area contributed by atoms with Crippen LogP contribution >= 0.6 is 0 Å². The minimum atomic E-state index is -0.666. The summed E-state index contributed by atoms with van der Waals surface area (Å²) in [5.74, 6) is -0.0527. The van der Waals surface area contributed by atoms with Gasteiger partial charge in [0.2, 0.25) is 0 Å². The number of nitrogens with zero attached hydrogens (tertiary/aromatic N) is 2. The van der Waals surface area contributed by atoms with Gasteiger partial charge < -0.3 is 10.4 Å².